The Labute approximate surface area is 129 Å². The average molecular weight is 357 g/mol. The second kappa shape index (κ2) is 5.27. The molecule has 1 aromatic heterocycles. The number of thiophene rings is 1. The first-order valence-electron chi connectivity index (χ1n) is 5.94. The van der Waals surface area contributed by atoms with Crippen LogP contribution in [0.25, 0.3) is 0 Å². The van der Waals surface area contributed by atoms with Crippen molar-refractivity contribution in [2.24, 2.45) is 0 Å². The summed E-state index contributed by atoms with van der Waals surface area (Å²) in [6.07, 6.45) is 0.945. The molecule has 0 atom stereocenters. The van der Waals surface area contributed by atoms with Gasteiger partial charge in [0.05, 0.1) is 0 Å². The van der Waals surface area contributed by atoms with Crippen molar-refractivity contribution in [3.63, 3.8) is 0 Å². The first-order chi connectivity index (χ1) is 9.13. The number of nitrogens with zero attached hydrogens (tertiary/aromatic N) is 1. The third-order valence-corrected chi connectivity index (χ3v) is 4.90. The van der Waals surface area contributed by atoms with Crippen LogP contribution in [0.3, 0.4) is 0 Å². The van der Waals surface area contributed by atoms with Gasteiger partial charge in [-0.25, -0.2) is 0 Å². The minimum atomic E-state index is 0.0417. The van der Waals surface area contributed by atoms with E-state index in [9.17, 15) is 4.79 Å². The summed E-state index contributed by atoms with van der Waals surface area (Å²) in [6.45, 7) is 1.47. The maximum atomic E-state index is 12.5. The van der Waals surface area contributed by atoms with E-state index in [1.165, 1.54) is 10.4 Å². The minimum Gasteiger partial charge on any atom is -0.334 e. The SMILES string of the molecule is O=C(c1cc(Cl)cc(Br)c1)N1CCc2sccc2C1. The number of amides is 1. The monoisotopic (exact) mass is 355 g/mol. The molecule has 5 heteroatoms. The molecule has 0 saturated heterocycles. The Morgan fingerprint density at radius 1 is 1.37 bits per heavy atom. The average Bonchev–Trinajstić information content (AvgIpc) is 2.83. The number of carbonyl (C=O) groups excluding carboxylic acids is 1. The highest BCUT2D eigenvalue weighted by molar-refractivity contribution is 9.10. The van der Waals surface area contributed by atoms with Crippen LogP contribution in [-0.4, -0.2) is 17.4 Å². The molecule has 2 aromatic rings. The molecule has 0 N–H and O–H groups in total. The maximum Gasteiger partial charge on any atom is 0.254 e. The van der Waals surface area contributed by atoms with Gasteiger partial charge in [-0.1, -0.05) is 27.5 Å². The number of fused-ring (bicyclic) bond motifs is 1. The summed E-state index contributed by atoms with van der Waals surface area (Å²) in [4.78, 5) is 15.8. The van der Waals surface area contributed by atoms with Gasteiger partial charge in [0.2, 0.25) is 0 Å². The van der Waals surface area contributed by atoms with Crippen LogP contribution >= 0.6 is 38.9 Å². The molecule has 1 amide bonds. The Balaban J connectivity index is 1.85. The molecule has 3 rings (SSSR count). The van der Waals surface area contributed by atoms with Crippen molar-refractivity contribution in [1.29, 1.82) is 0 Å². The number of hydrogen-bond acceptors (Lipinski definition) is 2. The van der Waals surface area contributed by atoms with Gasteiger partial charge in [-0.05, 0) is 41.6 Å². The molecular formula is C14H11BrClNOS. The Morgan fingerprint density at radius 2 is 2.21 bits per heavy atom. The van der Waals surface area contributed by atoms with E-state index in [1.54, 1.807) is 23.5 Å². The fourth-order valence-corrected chi connectivity index (χ4v) is 4.03. The molecule has 0 saturated carbocycles. The van der Waals surface area contributed by atoms with Crippen molar-refractivity contribution >= 4 is 44.8 Å². The quantitative estimate of drug-likeness (QED) is 0.743. The molecule has 1 aliphatic heterocycles. The van der Waals surface area contributed by atoms with Gasteiger partial charge in [-0.15, -0.1) is 11.3 Å². The third kappa shape index (κ3) is 2.71. The van der Waals surface area contributed by atoms with Gasteiger partial charge in [-0.3, -0.25) is 4.79 Å². The van der Waals surface area contributed by atoms with Gasteiger partial charge in [0.15, 0.2) is 0 Å². The van der Waals surface area contributed by atoms with Gasteiger partial charge in [0, 0.05) is 33.0 Å². The Morgan fingerprint density at radius 3 is 3.00 bits per heavy atom. The molecule has 0 bridgehead atoms. The highest BCUT2D eigenvalue weighted by Gasteiger charge is 2.22. The fourth-order valence-electron chi connectivity index (χ4n) is 2.28. The highest BCUT2D eigenvalue weighted by Crippen LogP contribution is 2.26. The zero-order valence-electron chi connectivity index (χ0n) is 10.0. The number of halogens is 2. The van der Waals surface area contributed by atoms with Gasteiger partial charge in [0.1, 0.15) is 0 Å². The normalized spacial score (nSPS) is 14.3. The van der Waals surface area contributed by atoms with Crippen LogP contribution in [0.15, 0.2) is 34.1 Å². The molecule has 0 fully saturated rings. The summed E-state index contributed by atoms with van der Waals surface area (Å²) < 4.78 is 0.830. The molecule has 2 heterocycles. The number of hydrogen-bond donors (Lipinski definition) is 0. The predicted molar refractivity (Wildman–Crippen MR) is 81.9 cm³/mol. The predicted octanol–water partition coefficient (Wildman–Crippen LogP) is 4.36. The highest BCUT2D eigenvalue weighted by atomic mass is 79.9. The second-order valence-electron chi connectivity index (χ2n) is 4.50. The standard InChI is InChI=1S/C14H11BrClNOS/c15-11-5-10(6-12(16)7-11)14(18)17-3-1-13-9(8-17)2-4-19-13/h2,4-7H,1,3,8H2. The number of carbonyl (C=O) groups is 1. The third-order valence-electron chi connectivity index (χ3n) is 3.20. The summed E-state index contributed by atoms with van der Waals surface area (Å²) in [5, 5.41) is 2.67. The molecule has 0 aliphatic carbocycles. The number of benzene rings is 1. The molecule has 2 nitrogen and oxygen atoms in total. The van der Waals surface area contributed by atoms with Crippen molar-refractivity contribution in [3.8, 4) is 0 Å². The fraction of sp³-hybridized carbons (Fsp3) is 0.214. The minimum absolute atomic E-state index is 0.0417. The van der Waals surface area contributed by atoms with Crippen LogP contribution in [0.1, 0.15) is 20.8 Å². The van der Waals surface area contributed by atoms with Gasteiger partial charge in [-0.2, -0.15) is 0 Å². The van der Waals surface area contributed by atoms with E-state index < -0.39 is 0 Å². The lowest BCUT2D eigenvalue weighted by atomic mass is 10.1. The smallest absolute Gasteiger partial charge is 0.254 e. The van der Waals surface area contributed by atoms with Crippen LogP contribution in [0.2, 0.25) is 5.02 Å². The van der Waals surface area contributed by atoms with Crippen molar-refractivity contribution in [1.82, 2.24) is 4.90 Å². The van der Waals surface area contributed by atoms with Crippen LogP contribution in [-0.2, 0) is 13.0 Å². The van der Waals surface area contributed by atoms with E-state index in [4.69, 9.17) is 11.6 Å². The van der Waals surface area contributed by atoms with Crippen molar-refractivity contribution in [2.75, 3.05) is 6.54 Å². The topological polar surface area (TPSA) is 20.3 Å². The van der Waals surface area contributed by atoms with Crippen LogP contribution in [0.4, 0.5) is 0 Å². The zero-order chi connectivity index (χ0) is 13.4. The summed E-state index contributed by atoms with van der Waals surface area (Å²) in [5.41, 5.74) is 1.91. The first-order valence-corrected chi connectivity index (χ1v) is 7.99. The van der Waals surface area contributed by atoms with E-state index in [2.05, 4.69) is 27.4 Å². The summed E-state index contributed by atoms with van der Waals surface area (Å²) in [6, 6.07) is 7.42. The maximum absolute atomic E-state index is 12.5. The molecule has 1 aromatic carbocycles. The molecule has 98 valence electrons. The molecule has 0 unspecified atom stereocenters. The Hall–Kier alpha value is -0.840. The first kappa shape index (κ1) is 13.2. The van der Waals surface area contributed by atoms with E-state index in [0.717, 1.165) is 17.4 Å². The van der Waals surface area contributed by atoms with Crippen molar-refractivity contribution < 1.29 is 4.79 Å². The Kier molecular flexibility index (Phi) is 3.65. The molecule has 19 heavy (non-hydrogen) atoms. The lowest BCUT2D eigenvalue weighted by Gasteiger charge is -2.27. The van der Waals surface area contributed by atoms with E-state index in [-0.39, 0.29) is 5.91 Å². The van der Waals surface area contributed by atoms with Crippen LogP contribution in [0, 0.1) is 0 Å². The zero-order valence-corrected chi connectivity index (χ0v) is 13.2. The summed E-state index contributed by atoms with van der Waals surface area (Å²) >= 11 is 11.1. The van der Waals surface area contributed by atoms with Crippen LogP contribution < -0.4 is 0 Å². The summed E-state index contributed by atoms with van der Waals surface area (Å²) in [5.74, 6) is 0.0417. The van der Waals surface area contributed by atoms with Gasteiger partial charge >= 0.3 is 0 Å². The van der Waals surface area contributed by atoms with Crippen LogP contribution in [0.5, 0.6) is 0 Å². The molecule has 0 spiro atoms. The Bertz CT molecular complexity index is 620. The lowest BCUT2D eigenvalue weighted by Crippen LogP contribution is -2.35. The molecule has 1 aliphatic rings. The molecular weight excluding hydrogens is 346 g/mol. The van der Waals surface area contributed by atoms with E-state index >= 15 is 0 Å². The van der Waals surface area contributed by atoms with Gasteiger partial charge in [0.25, 0.3) is 5.91 Å². The molecule has 0 radical (unpaired) electrons. The largest absolute Gasteiger partial charge is 0.334 e. The van der Waals surface area contributed by atoms with Crippen molar-refractivity contribution in [2.45, 2.75) is 13.0 Å². The van der Waals surface area contributed by atoms with E-state index in [0.29, 0.717) is 17.1 Å². The van der Waals surface area contributed by atoms with Gasteiger partial charge < -0.3 is 4.90 Å². The lowest BCUT2D eigenvalue weighted by molar-refractivity contribution is 0.0736. The van der Waals surface area contributed by atoms with E-state index in [1.807, 2.05) is 11.0 Å². The van der Waals surface area contributed by atoms with Crippen molar-refractivity contribution in [3.05, 3.63) is 55.1 Å². The summed E-state index contributed by atoms with van der Waals surface area (Å²) in [7, 11) is 0. The number of rotatable bonds is 1. The second-order valence-corrected chi connectivity index (χ2v) is 6.86.